The van der Waals surface area contributed by atoms with Crippen molar-refractivity contribution in [2.45, 2.75) is 26.2 Å². The van der Waals surface area contributed by atoms with E-state index in [1.54, 1.807) is 7.11 Å². The van der Waals surface area contributed by atoms with E-state index in [2.05, 4.69) is 15.3 Å². The molecule has 20 heavy (non-hydrogen) atoms. The maximum Gasteiger partial charge on any atom is 0.372 e. The van der Waals surface area contributed by atoms with E-state index in [0.29, 0.717) is 19.0 Å². The first-order valence-electron chi connectivity index (χ1n) is 6.34. The van der Waals surface area contributed by atoms with Crippen molar-refractivity contribution in [3.63, 3.8) is 0 Å². The lowest BCUT2D eigenvalue weighted by molar-refractivity contribution is -0.385. The van der Waals surface area contributed by atoms with Gasteiger partial charge in [0.05, 0.1) is 12.0 Å². The van der Waals surface area contributed by atoms with Crippen molar-refractivity contribution in [2.75, 3.05) is 32.7 Å². The average molecular weight is 284 g/mol. The molecule has 0 aliphatic heterocycles. The number of nitrogens with zero attached hydrogens (tertiary/aromatic N) is 3. The van der Waals surface area contributed by atoms with E-state index in [1.807, 2.05) is 13.8 Å². The highest BCUT2D eigenvalue weighted by Gasteiger charge is 2.26. The van der Waals surface area contributed by atoms with Crippen LogP contribution in [0.3, 0.4) is 0 Å². The van der Waals surface area contributed by atoms with Crippen molar-refractivity contribution in [2.24, 2.45) is 0 Å². The van der Waals surface area contributed by atoms with Crippen molar-refractivity contribution in [1.29, 1.82) is 0 Å². The first-order chi connectivity index (χ1) is 9.51. The molecule has 0 saturated carbocycles. The monoisotopic (exact) mass is 284 g/mol. The predicted molar refractivity (Wildman–Crippen MR) is 74.3 cm³/mol. The Bertz CT molecular complexity index is 465. The largest absolute Gasteiger partial charge is 0.476 e. The zero-order valence-corrected chi connectivity index (χ0v) is 12.2. The number of rotatable bonds is 8. The Morgan fingerprint density at radius 3 is 2.55 bits per heavy atom. The van der Waals surface area contributed by atoms with Gasteiger partial charge in [0, 0.05) is 26.2 Å². The van der Waals surface area contributed by atoms with E-state index in [0.717, 1.165) is 6.42 Å². The van der Waals surface area contributed by atoms with Gasteiger partial charge in [-0.25, -0.2) is 4.98 Å². The fraction of sp³-hybridized carbons (Fsp3) is 0.667. The van der Waals surface area contributed by atoms with Crippen molar-refractivity contribution in [3.8, 4) is 5.88 Å². The molecule has 0 bridgehead atoms. The first kappa shape index (κ1) is 16.1. The third-order valence-electron chi connectivity index (χ3n) is 2.58. The van der Waals surface area contributed by atoms with Gasteiger partial charge in [-0.3, -0.25) is 10.1 Å². The van der Waals surface area contributed by atoms with Crippen LogP contribution in [0.5, 0.6) is 5.88 Å². The molecule has 0 aromatic carbocycles. The molecule has 0 spiro atoms. The van der Waals surface area contributed by atoms with Crippen LogP contribution in [0.15, 0.2) is 0 Å². The Morgan fingerprint density at radius 1 is 1.35 bits per heavy atom. The normalized spacial score (nSPS) is 10.7. The molecule has 0 aliphatic carbocycles. The summed E-state index contributed by atoms with van der Waals surface area (Å²) in [5.41, 5.74) is -0.241. The van der Waals surface area contributed by atoms with Crippen LogP contribution in [0.25, 0.3) is 0 Å². The van der Waals surface area contributed by atoms with Gasteiger partial charge in [0.25, 0.3) is 5.88 Å². The Kier molecular flexibility index (Phi) is 6.10. The van der Waals surface area contributed by atoms with E-state index >= 15 is 0 Å². The van der Waals surface area contributed by atoms with Crippen molar-refractivity contribution in [1.82, 2.24) is 9.97 Å². The number of aromatic nitrogens is 2. The highest BCUT2D eigenvalue weighted by atomic mass is 16.6. The average Bonchev–Trinajstić information content (AvgIpc) is 2.42. The number of hydrogen-bond acceptors (Lipinski definition) is 7. The minimum absolute atomic E-state index is 0.0251. The van der Waals surface area contributed by atoms with Gasteiger partial charge in [-0.15, -0.1) is 0 Å². The van der Waals surface area contributed by atoms with E-state index in [1.165, 1.54) is 7.11 Å². The van der Waals surface area contributed by atoms with E-state index < -0.39 is 4.92 Å². The summed E-state index contributed by atoms with van der Waals surface area (Å²) in [5, 5.41) is 14.1. The zero-order chi connectivity index (χ0) is 15.1. The zero-order valence-electron chi connectivity index (χ0n) is 12.2. The first-order valence-corrected chi connectivity index (χ1v) is 6.34. The summed E-state index contributed by atoms with van der Waals surface area (Å²) in [5.74, 6) is 0.704. The third kappa shape index (κ3) is 4.02. The maximum atomic E-state index is 11.2. The standard InChI is InChI=1S/C12H20N4O4/c1-8(2)10-14-11(13-6-5-7-19-3)9(16(17)18)12(15-10)20-4/h8H,5-7H2,1-4H3,(H,13,14,15). The third-order valence-corrected chi connectivity index (χ3v) is 2.58. The molecule has 0 fully saturated rings. The summed E-state index contributed by atoms with van der Waals surface area (Å²) in [6.07, 6.45) is 0.719. The topological polar surface area (TPSA) is 99.4 Å². The van der Waals surface area contributed by atoms with Crippen LogP contribution in [0.1, 0.15) is 32.0 Å². The number of methoxy groups -OCH3 is 2. The van der Waals surface area contributed by atoms with Gasteiger partial charge in [0.2, 0.25) is 5.82 Å². The van der Waals surface area contributed by atoms with Crippen molar-refractivity contribution >= 4 is 11.5 Å². The number of nitrogens with one attached hydrogen (secondary N) is 1. The summed E-state index contributed by atoms with van der Waals surface area (Å²) < 4.78 is 9.94. The molecule has 0 atom stereocenters. The Morgan fingerprint density at radius 2 is 2.05 bits per heavy atom. The quantitative estimate of drug-likeness (QED) is 0.442. The van der Waals surface area contributed by atoms with Gasteiger partial charge >= 0.3 is 5.69 Å². The van der Waals surface area contributed by atoms with Gasteiger partial charge in [0.15, 0.2) is 0 Å². The molecule has 1 N–H and O–H groups in total. The predicted octanol–water partition coefficient (Wildman–Crippen LogP) is 1.97. The molecule has 1 rings (SSSR count). The minimum atomic E-state index is -0.540. The van der Waals surface area contributed by atoms with Crippen LogP contribution in [0.2, 0.25) is 0 Å². The van der Waals surface area contributed by atoms with Gasteiger partial charge in [-0.1, -0.05) is 13.8 Å². The molecule has 8 heteroatoms. The molecular weight excluding hydrogens is 264 g/mol. The second kappa shape index (κ2) is 7.59. The fourth-order valence-corrected chi connectivity index (χ4v) is 1.56. The van der Waals surface area contributed by atoms with Gasteiger partial charge in [0.1, 0.15) is 5.82 Å². The van der Waals surface area contributed by atoms with E-state index in [4.69, 9.17) is 9.47 Å². The molecule has 8 nitrogen and oxygen atoms in total. The Hall–Kier alpha value is -1.96. The summed E-state index contributed by atoms with van der Waals surface area (Å²) in [6, 6.07) is 0. The second-order valence-corrected chi connectivity index (χ2v) is 4.47. The van der Waals surface area contributed by atoms with Crippen LogP contribution >= 0.6 is 0 Å². The summed E-state index contributed by atoms with van der Waals surface area (Å²) in [6.45, 7) is 4.91. The van der Waals surface area contributed by atoms with Crippen LogP contribution in [0, 0.1) is 10.1 Å². The van der Waals surface area contributed by atoms with E-state index in [-0.39, 0.29) is 23.3 Å². The maximum absolute atomic E-state index is 11.2. The highest BCUT2D eigenvalue weighted by Crippen LogP contribution is 2.32. The van der Waals surface area contributed by atoms with Crippen LogP contribution in [0.4, 0.5) is 11.5 Å². The molecular formula is C12H20N4O4. The molecule has 1 heterocycles. The summed E-state index contributed by atoms with van der Waals surface area (Å²) in [7, 11) is 2.96. The number of anilines is 1. The molecule has 112 valence electrons. The van der Waals surface area contributed by atoms with Crippen molar-refractivity contribution in [3.05, 3.63) is 15.9 Å². The van der Waals surface area contributed by atoms with Crippen LogP contribution < -0.4 is 10.1 Å². The summed E-state index contributed by atoms with van der Waals surface area (Å²) >= 11 is 0. The Balaban J connectivity index is 3.09. The fourth-order valence-electron chi connectivity index (χ4n) is 1.56. The number of ether oxygens (including phenoxy) is 2. The molecule has 0 radical (unpaired) electrons. The van der Waals surface area contributed by atoms with Gasteiger partial charge in [-0.05, 0) is 6.42 Å². The highest BCUT2D eigenvalue weighted by molar-refractivity contribution is 5.61. The minimum Gasteiger partial charge on any atom is -0.476 e. The molecule has 0 unspecified atom stereocenters. The second-order valence-electron chi connectivity index (χ2n) is 4.47. The van der Waals surface area contributed by atoms with Crippen LogP contribution in [-0.4, -0.2) is 42.3 Å². The van der Waals surface area contributed by atoms with Crippen LogP contribution in [-0.2, 0) is 4.74 Å². The smallest absolute Gasteiger partial charge is 0.372 e. The molecule has 1 aromatic heterocycles. The number of nitro groups is 1. The van der Waals surface area contributed by atoms with Gasteiger partial charge < -0.3 is 14.8 Å². The van der Waals surface area contributed by atoms with Gasteiger partial charge in [-0.2, -0.15) is 4.98 Å². The number of hydrogen-bond donors (Lipinski definition) is 1. The molecule has 1 aromatic rings. The SMILES string of the molecule is COCCCNc1nc(C(C)C)nc(OC)c1[N+](=O)[O-]. The lowest BCUT2D eigenvalue weighted by atomic mass is 10.2. The summed E-state index contributed by atoms with van der Waals surface area (Å²) in [4.78, 5) is 18.9. The lowest BCUT2D eigenvalue weighted by Crippen LogP contribution is -2.12. The molecule has 0 saturated heterocycles. The van der Waals surface area contributed by atoms with Crippen molar-refractivity contribution < 1.29 is 14.4 Å². The Labute approximate surface area is 117 Å². The molecule has 0 amide bonds. The lowest BCUT2D eigenvalue weighted by Gasteiger charge is -2.11. The van der Waals surface area contributed by atoms with E-state index in [9.17, 15) is 10.1 Å². The molecule has 0 aliphatic rings.